The smallest absolute Gasteiger partial charge is 0.0327 e. The normalized spacial score (nSPS) is 15.5. The van der Waals surface area contributed by atoms with E-state index in [1.165, 1.54) is 5.70 Å². The van der Waals surface area contributed by atoms with E-state index in [0.29, 0.717) is 4.83 Å². The highest BCUT2D eigenvalue weighted by molar-refractivity contribution is 9.09. The molecule has 1 nitrogen and oxygen atoms in total. The van der Waals surface area contributed by atoms with Crippen LogP contribution in [0.4, 0.5) is 0 Å². The number of hydrogen-bond acceptors (Lipinski definition) is 1. The molecule has 0 heterocycles. The number of nitrogens with one attached hydrogen (secondary N) is 1. The van der Waals surface area contributed by atoms with Gasteiger partial charge in [0, 0.05) is 17.1 Å². The first kappa shape index (κ1) is 10.8. The molecule has 0 saturated carbocycles. The summed E-state index contributed by atoms with van der Waals surface area (Å²) in [5, 5.41) is 3.24. The minimum Gasteiger partial charge on any atom is -0.385 e. The molecule has 0 aromatic heterocycles. The first-order valence-corrected chi connectivity index (χ1v) is 4.76. The SMILES string of the molecule is CC=C(C)NC/C=C\C(C)Br. The summed E-state index contributed by atoms with van der Waals surface area (Å²) in [4.78, 5) is 0.468. The van der Waals surface area contributed by atoms with E-state index in [0.717, 1.165) is 6.54 Å². The van der Waals surface area contributed by atoms with Gasteiger partial charge in [0.15, 0.2) is 0 Å². The maximum atomic E-state index is 3.43. The predicted molar refractivity (Wildman–Crippen MR) is 55.0 cm³/mol. The van der Waals surface area contributed by atoms with Gasteiger partial charge in [0.05, 0.1) is 0 Å². The van der Waals surface area contributed by atoms with Crippen molar-refractivity contribution < 1.29 is 0 Å². The summed E-state index contributed by atoms with van der Waals surface area (Å²) in [6.07, 6.45) is 6.30. The zero-order valence-electron chi connectivity index (χ0n) is 7.39. The molecule has 0 aliphatic carbocycles. The van der Waals surface area contributed by atoms with Crippen molar-refractivity contribution in [2.45, 2.75) is 25.6 Å². The zero-order valence-corrected chi connectivity index (χ0v) is 8.98. The van der Waals surface area contributed by atoms with Crippen LogP contribution in [0.1, 0.15) is 20.8 Å². The van der Waals surface area contributed by atoms with Gasteiger partial charge in [0.2, 0.25) is 0 Å². The van der Waals surface area contributed by atoms with E-state index in [9.17, 15) is 0 Å². The molecule has 0 aromatic carbocycles. The van der Waals surface area contributed by atoms with E-state index in [-0.39, 0.29) is 0 Å². The van der Waals surface area contributed by atoms with E-state index in [1.807, 2.05) is 6.92 Å². The summed E-state index contributed by atoms with van der Waals surface area (Å²) >= 11 is 3.43. The van der Waals surface area contributed by atoms with Crippen LogP contribution in [-0.2, 0) is 0 Å². The summed E-state index contributed by atoms with van der Waals surface area (Å²) in [7, 11) is 0. The average molecular weight is 218 g/mol. The van der Waals surface area contributed by atoms with Crippen LogP contribution in [0.2, 0.25) is 0 Å². The molecule has 0 bridgehead atoms. The molecule has 0 fully saturated rings. The zero-order chi connectivity index (χ0) is 8.69. The van der Waals surface area contributed by atoms with Crippen molar-refractivity contribution in [2.75, 3.05) is 6.54 Å². The fourth-order valence-corrected chi connectivity index (χ4v) is 0.793. The minimum absolute atomic E-state index is 0.468. The van der Waals surface area contributed by atoms with E-state index >= 15 is 0 Å². The van der Waals surface area contributed by atoms with E-state index < -0.39 is 0 Å². The lowest BCUT2D eigenvalue weighted by molar-refractivity contribution is 0.898. The molecule has 1 N–H and O–H groups in total. The summed E-state index contributed by atoms with van der Waals surface area (Å²) in [6.45, 7) is 7.09. The number of halogens is 1. The fourth-order valence-electron chi connectivity index (χ4n) is 0.578. The highest BCUT2D eigenvalue weighted by Crippen LogP contribution is 1.97. The van der Waals surface area contributed by atoms with Crippen molar-refractivity contribution in [1.29, 1.82) is 0 Å². The Morgan fingerprint density at radius 3 is 2.73 bits per heavy atom. The summed E-state index contributed by atoms with van der Waals surface area (Å²) in [5.41, 5.74) is 1.22. The van der Waals surface area contributed by atoms with Crippen LogP contribution in [-0.4, -0.2) is 11.4 Å². The number of alkyl halides is 1. The fraction of sp³-hybridized carbons (Fsp3) is 0.556. The van der Waals surface area contributed by atoms with Crippen molar-refractivity contribution in [2.24, 2.45) is 0 Å². The second kappa shape index (κ2) is 6.47. The lowest BCUT2D eigenvalue weighted by atomic mass is 10.4. The number of allylic oxidation sites excluding steroid dienone is 3. The minimum atomic E-state index is 0.468. The van der Waals surface area contributed by atoms with E-state index in [2.05, 4.69) is 53.3 Å². The highest BCUT2D eigenvalue weighted by atomic mass is 79.9. The maximum Gasteiger partial charge on any atom is 0.0327 e. The first-order chi connectivity index (χ1) is 5.16. The molecule has 0 saturated heterocycles. The van der Waals surface area contributed by atoms with E-state index in [4.69, 9.17) is 0 Å². The molecule has 2 heteroatoms. The largest absolute Gasteiger partial charge is 0.385 e. The Morgan fingerprint density at radius 1 is 1.64 bits per heavy atom. The molecule has 0 aliphatic rings. The van der Waals surface area contributed by atoms with Gasteiger partial charge >= 0.3 is 0 Å². The number of rotatable bonds is 4. The lowest BCUT2D eigenvalue weighted by Gasteiger charge is -2.00. The van der Waals surface area contributed by atoms with Crippen LogP contribution in [0, 0.1) is 0 Å². The van der Waals surface area contributed by atoms with Crippen LogP contribution < -0.4 is 5.32 Å². The molecule has 1 unspecified atom stereocenters. The van der Waals surface area contributed by atoms with Crippen LogP contribution >= 0.6 is 15.9 Å². The van der Waals surface area contributed by atoms with Gasteiger partial charge in [-0.05, 0) is 20.8 Å². The Bertz CT molecular complexity index is 148. The van der Waals surface area contributed by atoms with Gasteiger partial charge < -0.3 is 5.32 Å². The molecule has 0 radical (unpaired) electrons. The highest BCUT2D eigenvalue weighted by Gasteiger charge is 1.84. The van der Waals surface area contributed by atoms with Crippen molar-refractivity contribution in [3.63, 3.8) is 0 Å². The summed E-state index contributed by atoms with van der Waals surface area (Å²) in [6, 6.07) is 0. The van der Waals surface area contributed by atoms with Crippen LogP contribution in [0.3, 0.4) is 0 Å². The van der Waals surface area contributed by atoms with Crippen molar-refractivity contribution in [3.8, 4) is 0 Å². The van der Waals surface area contributed by atoms with Crippen molar-refractivity contribution in [1.82, 2.24) is 5.32 Å². The number of hydrogen-bond donors (Lipinski definition) is 1. The standard InChI is InChI=1S/C9H16BrN/c1-4-9(3)11-7-5-6-8(2)10/h4-6,8,11H,7H2,1-3H3/b6-5-,9-4?. The summed E-state index contributed by atoms with van der Waals surface area (Å²) in [5.74, 6) is 0. The Kier molecular flexibility index (Phi) is 6.33. The molecular formula is C9H16BrN. The van der Waals surface area contributed by atoms with Gasteiger partial charge in [0.25, 0.3) is 0 Å². The summed E-state index contributed by atoms with van der Waals surface area (Å²) < 4.78 is 0. The van der Waals surface area contributed by atoms with E-state index in [1.54, 1.807) is 0 Å². The van der Waals surface area contributed by atoms with Crippen LogP contribution in [0.5, 0.6) is 0 Å². The Hall–Kier alpha value is -0.240. The first-order valence-electron chi connectivity index (χ1n) is 3.84. The quantitative estimate of drug-likeness (QED) is 0.565. The predicted octanol–water partition coefficient (Wildman–Crippen LogP) is 2.84. The van der Waals surface area contributed by atoms with Crippen molar-refractivity contribution >= 4 is 15.9 Å². The van der Waals surface area contributed by atoms with Gasteiger partial charge in [-0.1, -0.05) is 34.2 Å². The van der Waals surface area contributed by atoms with Gasteiger partial charge in [-0.2, -0.15) is 0 Å². The monoisotopic (exact) mass is 217 g/mol. The Balaban J connectivity index is 3.42. The molecular weight excluding hydrogens is 202 g/mol. The third-order valence-corrected chi connectivity index (χ3v) is 1.64. The third kappa shape index (κ3) is 7.66. The molecule has 0 spiro atoms. The van der Waals surface area contributed by atoms with Crippen molar-refractivity contribution in [3.05, 3.63) is 23.9 Å². The van der Waals surface area contributed by atoms with Crippen LogP contribution in [0.15, 0.2) is 23.9 Å². The molecule has 0 amide bonds. The molecule has 0 aromatic rings. The molecule has 1 atom stereocenters. The second-order valence-corrected chi connectivity index (χ2v) is 3.90. The molecule has 11 heavy (non-hydrogen) atoms. The van der Waals surface area contributed by atoms with Crippen LogP contribution in [0.25, 0.3) is 0 Å². The van der Waals surface area contributed by atoms with Gasteiger partial charge in [-0.3, -0.25) is 0 Å². The molecule has 0 rings (SSSR count). The van der Waals surface area contributed by atoms with Gasteiger partial charge in [-0.15, -0.1) is 0 Å². The molecule has 0 aliphatic heterocycles. The Morgan fingerprint density at radius 2 is 2.27 bits per heavy atom. The Labute approximate surface area is 77.7 Å². The molecule has 64 valence electrons. The van der Waals surface area contributed by atoms with Gasteiger partial charge in [-0.25, -0.2) is 0 Å². The third-order valence-electron chi connectivity index (χ3n) is 1.33. The average Bonchev–Trinajstić information content (AvgIpc) is 1.97. The maximum absolute atomic E-state index is 3.43. The van der Waals surface area contributed by atoms with Gasteiger partial charge in [0.1, 0.15) is 0 Å². The second-order valence-electron chi connectivity index (χ2n) is 2.46. The lowest BCUT2D eigenvalue weighted by Crippen LogP contribution is -2.10. The topological polar surface area (TPSA) is 12.0 Å².